The standard InChI is InChI=1S/C16H18N2O3S/c1-10-4-5-14(11(2)8-10)21-7-6-15(20)18-16-17-13(9-22-16)12(3)19/h4-5,8-9H,6-7H2,1-3H3,(H,17,18,20). The lowest BCUT2D eigenvalue weighted by molar-refractivity contribution is -0.116. The molecule has 1 aromatic heterocycles. The van der Waals surface area contributed by atoms with Gasteiger partial charge >= 0.3 is 0 Å². The van der Waals surface area contributed by atoms with E-state index >= 15 is 0 Å². The highest BCUT2D eigenvalue weighted by Gasteiger charge is 2.09. The lowest BCUT2D eigenvalue weighted by atomic mass is 10.1. The number of thiazole rings is 1. The number of aryl methyl sites for hydroxylation is 2. The Morgan fingerprint density at radius 1 is 1.32 bits per heavy atom. The van der Waals surface area contributed by atoms with Crippen LogP contribution in [0.2, 0.25) is 0 Å². The molecule has 0 fully saturated rings. The van der Waals surface area contributed by atoms with Crippen LogP contribution < -0.4 is 10.1 Å². The average molecular weight is 318 g/mol. The second-order valence-corrected chi connectivity index (χ2v) is 5.87. The van der Waals surface area contributed by atoms with Gasteiger partial charge in [-0.05, 0) is 25.5 Å². The quantitative estimate of drug-likeness (QED) is 0.829. The molecule has 1 N–H and O–H groups in total. The summed E-state index contributed by atoms with van der Waals surface area (Å²) in [6.07, 6.45) is 0.225. The largest absolute Gasteiger partial charge is 0.493 e. The molecule has 0 aliphatic rings. The van der Waals surface area contributed by atoms with Gasteiger partial charge in [0.2, 0.25) is 5.91 Å². The highest BCUT2D eigenvalue weighted by atomic mass is 32.1. The van der Waals surface area contributed by atoms with Crippen LogP contribution in [0.3, 0.4) is 0 Å². The number of carbonyl (C=O) groups excluding carboxylic acids is 2. The number of rotatable bonds is 6. The van der Waals surface area contributed by atoms with Crippen LogP contribution in [0.5, 0.6) is 5.75 Å². The summed E-state index contributed by atoms with van der Waals surface area (Å²) in [5.41, 5.74) is 2.59. The van der Waals surface area contributed by atoms with Crippen LogP contribution in [0.25, 0.3) is 0 Å². The maximum atomic E-state index is 11.8. The molecule has 0 saturated heterocycles. The zero-order valence-corrected chi connectivity index (χ0v) is 13.6. The van der Waals surface area contributed by atoms with Crippen molar-refractivity contribution >= 4 is 28.2 Å². The molecule has 0 radical (unpaired) electrons. The maximum absolute atomic E-state index is 11.8. The molecule has 0 saturated carbocycles. The molecule has 0 spiro atoms. The van der Waals surface area contributed by atoms with Crippen LogP contribution in [0.4, 0.5) is 5.13 Å². The molecule has 1 heterocycles. The van der Waals surface area contributed by atoms with Gasteiger partial charge in [-0.25, -0.2) is 4.98 Å². The van der Waals surface area contributed by atoms with Crippen LogP contribution in [-0.4, -0.2) is 23.3 Å². The van der Waals surface area contributed by atoms with Crippen LogP contribution >= 0.6 is 11.3 Å². The molecule has 22 heavy (non-hydrogen) atoms. The Balaban J connectivity index is 1.81. The Morgan fingerprint density at radius 3 is 2.73 bits per heavy atom. The summed E-state index contributed by atoms with van der Waals surface area (Å²) >= 11 is 1.24. The summed E-state index contributed by atoms with van der Waals surface area (Å²) in [6.45, 7) is 5.73. The Hall–Kier alpha value is -2.21. The molecule has 116 valence electrons. The van der Waals surface area contributed by atoms with E-state index in [2.05, 4.69) is 10.3 Å². The van der Waals surface area contributed by atoms with Gasteiger partial charge in [0.15, 0.2) is 10.9 Å². The molecule has 2 aromatic rings. The van der Waals surface area contributed by atoms with E-state index in [4.69, 9.17) is 4.74 Å². The molecular weight excluding hydrogens is 300 g/mol. The highest BCUT2D eigenvalue weighted by Crippen LogP contribution is 2.19. The van der Waals surface area contributed by atoms with Crippen molar-refractivity contribution in [3.8, 4) is 5.75 Å². The molecule has 2 rings (SSSR count). The smallest absolute Gasteiger partial charge is 0.229 e. The number of hydrogen-bond donors (Lipinski definition) is 1. The van der Waals surface area contributed by atoms with Crippen LogP contribution in [0, 0.1) is 13.8 Å². The molecule has 0 unspecified atom stereocenters. The monoisotopic (exact) mass is 318 g/mol. The summed E-state index contributed by atoms with van der Waals surface area (Å²) in [7, 11) is 0. The molecule has 1 aromatic carbocycles. The second kappa shape index (κ2) is 7.17. The number of aromatic nitrogens is 1. The number of nitrogens with one attached hydrogen (secondary N) is 1. The van der Waals surface area contributed by atoms with E-state index in [1.54, 1.807) is 5.38 Å². The minimum atomic E-state index is -0.186. The molecular formula is C16H18N2O3S. The third-order valence-electron chi connectivity index (χ3n) is 3.03. The van der Waals surface area contributed by atoms with Gasteiger partial charge in [-0.1, -0.05) is 17.7 Å². The molecule has 0 aliphatic carbocycles. The van der Waals surface area contributed by atoms with Crippen LogP contribution in [0.15, 0.2) is 23.6 Å². The fraction of sp³-hybridized carbons (Fsp3) is 0.312. The number of ether oxygens (including phenoxy) is 1. The maximum Gasteiger partial charge on any atom is 0.229 e. The van der Waals surface area contributed by atoms with Gasteiger partial charge < -0.3 is 10.1 Å². The average Bonchev–Trinajstić information content (AvgIpc) is 2.90. The number of benzene rings is 1. The van der Waals surface area contributed by atoms with E-state index in [1.165, 1.54) is 23.8 Å². The third kappa shape index (κ3) is 4.39. The Kier molecular flexibility index (Phi) is 5.27. The zero-order chi connectivity index (χ0) is 16.1. The van der Waals surface area contributed by atoms with Gasteiger partial charge in [-0.15, -0.1) is 11.3 Å². The molecule has 1 amide bonds. The number of anilines is 1. The molecule has 0 atom stereocenters. The topological polar surface area (TPSA) is 68.3 Å². The van der Waals surface area contributed by atoms with Crippen molar-refractivity contribution in [2.75, 3.05) is 11.9 Å². The molecule has 6 heteroatoms. The first-order valence-electron chi connectivity index (χ1n) is 6.92. The van der Waals surface area contributed by atoms with Crippen molar-refractivity contribution in [1.29, 1.82) is 0 Å². The van der Waals surface area contributed by atoms with E-state index in [9.17, 15) is 9.59 Å². The van der Waals surface area contributed by atoms with Gasteiger partial charge in [0.1, 0.15) is 11.4 Å². The summed E-state index contributed by atoms with van der Waals surface area (Å²) < 4.78 is 5.61. The van der Waals surface area contributed by atoms with Crippen molar-refractivity contribution in [3.63, 3.8) is 0 Å². The predicted molar refractivity (Wildman–Crippen MR) is 86.8 cm³/mol. The normalized spacial score (nSPS) is 10.3. The summed E-state index contributed by atoms with van der Waals surface area (Å²) in [5.74, 6) is 0.482. The van der Waals surface area contributed by atoms with E-state index in [0.717, 1.165) is 11.3 Å². The number of Topliss-reactive ketones (excluding diaryl/α,β-unsaturated/α-hetero) is 1. The van der Waals surface area contributed by atoms with Gasteiger partial charge in [0, 0.05) is 12.3 Å². The summed E-state index contributed by atoms with van der Waals surface area (Å²) in [6, 6.07) is 5.91. The molecule has 0 bridgehead atoms. The number of nitrogens with zero attached hydrogens (tertiary/aromatic N) is 1. The fourth-order valence-corrected chi connectivity index (χ4v) is 2.66. The minimum absolute atomic E-state index is 0.116. The minimum Gasteiger partial charge on any atom is -0.493 e. The lowest BCUT2D eigenvalue weighted by Crippen LogP contribution is -2.15. The summed E-state index contributed by atoms with van der Waals surface area (Å²) in [5, 5.41) is 4.72. The van der Waals surface area contributed by atoms with Crippen LogP contribution in [-0.2, 0) is 4.79 Å². The highest BCUT2D eigenvalue weighted by molar-refractivity contribution is 7.14. The third-order valence-corrected chi connectivity index (χ3v) is 3.79. The predicted octanol–water partition coefficient (Wildman–Crippen LogP) is 3.37. The first-order valence-corrected chi connectivity index (χ1v) is 7.80. The van der Waals surface area contributed by atoms with Crippen molar-refractivity contribution in [2.45, 2.75) is 27.2 Å². The van der Waals surface area contributed by atoms with Crippen molar-refractivity contribution in [2.24, 2.45) is 0 Å². The van der Waals surface area contributed by atoms with Gasteiger partial charge in [0.25, 0.3) is 0 Å². The lowest BCUT2D eigenvalue weighted by Gasteiger charge is -2.09. The van der Waals surface area contributed by atoms with Crippen molar-refractivity contribution < 1.29 is 14.3 Å². The van der Waals surface area contributed by atoms with E-state index in [-0.39, 0.29) is 18.1 Å². The SMILES string of the molecule is CC(=O)c1csc(NC(=O)CCOc2ccc(C)cc2C)n1. The van der Waals surface area contributed by atoms with Crippen molar-refractivity contribution in [3.05, 3.63) is 40.4 Å². The fourth-order valence-electron chi connectivity index (χ4n) is 1.89. The molecule has 0 aliphatic heterocycles. The van der Waals surface area contributed by atoms with E-state index in [1.807, 2.05) is 32.0 Å². The van der Waals surface area contributed by atoms with E-state index in [0.29, 0.717) is 17.4 Å². The van der Waals surface area contributed by atoms with Crippen molar-refractivity contribution in [1.82, 2.24) is 4.98 Å². The number of ketones is 1. The van der Waals surface area contributed by atoms with Gasteiger partial charge in [-0.3, -0.25) is 9.59 Å². The Labute approximate surface area is 133 Å². The first kappa shape index (κ1) is 16.2. The number of hydrogen-bond acceptors (Lipinski definition) is 5. The second-order valence-electron chi connectivity index (χ2n) is 5.01. The Bertz CT molecular complexity index is 694. The first-order chi connectivity index (χ1) is 10.5. The Morgan fingerprint density at radius 2 is 2.09 bits per heavy atom. The molecule has 5 nitrogen and oxygen atoms in total. The van der Waals surface area contributed by atoms with Gasteiger partial charge in [-0.2, -0.15) is 0 Å². The number of amides is 1. The zero-order valence-electron chi connectivity index (χ0n) is 12.8. The van der Waals surface area contributed by atoms with E-state index < -0.39 is 0 Å². The van der Waals surface area contributed by atoms with Gasteiger partial charge in [0.05, 0.1) is 13.0 Å². The summed E-state index contributed by atoms with van der Waals surface area (Å²) in [4.78, 5) is 27.0. The number of carbonyl (C=O) groups is 2. The van der Waals surface area contributed by atoms with Crippen LogP contribution in [0.1, 0.15) is 35.0 Å².